The van der Waals surface area contributed by atoms with E-state index in [1.54, 1.807) is 31.0 Å². The van der Waals surface area contributed by atoms with Crippen molar-refractivity contribution in [3.05, 3.63) is 24.0 Å². The van der Waals surface area contributed by atoms with E-state index in [1.165, 1.54) is 25.3 Å². The van der Waals surface area contributed by atoms with Gasteiger partial charge >= 0.3 is 0 Å². The van der Waals surface area contributed by atoms with Crippen molar-refractivity contribution in [1.82, 2.24) is 0 Å². The molecule has 1 saturated carbocycles. The molecule has 0 atom stereocenters. The number of aliphatic imine (C=N–C) groups is 1. The summed E-state index contributed by atoms with van der Waals surface area (Å²) in [4.78, 5) is 4.83. The summed E-state index contributed by atoms with van der Waals surface area (Å²) in [6.07, 6.45) is 6.14. The third kappa shape index (κ3) is 2.77. The Morgan fingerprint density at radius 3 is 2.85 bits per heavy atom. The zero-order valence-corrected chi connectivity index (χ0v) is 12.4. The first-order valence-electron chi connectivity index (χ1n) is 7.04. The first kappa shape index (κ1) is 13.7. The lowest BCUT2D eigenvalue weighted by Gasteiger charge is -2.29. The van der Waals surface area contributed by atoms with Gasteiger partial charge in [0, 0.05) is 11.8 Å². The summed E-state index contributed by atoms with van der Waals surface area (Å²) in [6.45, 7) is 0. The summed E-state index contributed by atoms with van der Waals surface area (Å²) in [5.74, 6) is 1.38. The first-order valence-corrected chi connectivity index (χ1v) is 8.03. The van der Waals surface area contributed by atoms with Gasteiger partial charge in [0.2, 0.25) is 0 Å². The third-order valence-electron chi connectivity index (χ3n) is 4.02. The lowest BCUT2D eigenvalue weighted by molar-refractivity contribution is 0.335. The fourth-order valence-corrected chi connectivity index (χ4v) is 4.05. The maximum atomic E-state index is 13.8. The number of benzene rings is 1. The topological polar surface area (TPSA) is 33.6 Å². The molecule has 3 rings (SSSR count). The van der Waals surface area contributed by atoms with E-state index >= 15 is 0 Å². The number of thioether (sulfide) groups is 1. The lowest BCUT2D eigenvalue weighted by atomic mass is 9.84. The van der Waals surface area contributed by atoms with Gasteiger partial charge in [-0.25, -0.2) is 4.39 Å². The van der Waals surface area contributed by atoms with Gasteiger partial charge in [0.05, 0.1) is 18.3 Å². The van der Waals surface area contributed by atoms with Gasteiger partial charge < -0.3 is 10.1 Å². The van der Waals surface area contributed by atoms with Gasteiger partial charge in [-0.2, -0.15) is 0 Å². The van der Waals surface area contributed by atoms with Crippen LogP contribution < -0.4 is 10.1 Å². The van der Waals surface area contributed by atoms with E-state index in [2.05, 4.69) is 5.32 Å². The van der Waals surface area contributed by atoms with Crippen molar-refractivity contribution in [2.24, 2.45) is 4.99 Å². The van der Waals surface area contributed by atoms with Gasteiger partial charge in [-0.05, 0) is 25.0 Å². The summed E-state index contributed by atoms with van der Waals surface area (Å²) < 4.78 is 18.9. The van der Waals surface area contributed by atoms with E-state index < -0.39 is 0 Å². The summed E-state index contributed by atoms with van der Waals surface area (Å²) in [5.41, 5.74) is 0.532. The van der Waals surface area contributed by atoms with Crippen molar-refractivity contribution in [2.75, 3.05) is 18.2 Å². The van der Waals surface area contributed by atoms with Crippen LogP contribution in [0, 0.1) is 5.82 Å². The molecule has 1 fully saturated rings. The molecule has 3 nitrogen and oxygen atoms in total. The standard InChI is InChI=1S/C15H19FN2OS/c1-19-11-5-6-12(16)13(9-11)17-14-18-15(10-20-14)7-3-2-4-8-15/h5-6,9H,2-4,7-8,10H2,1H3,(H,17,18). The predicted octanol–water partition coefficient (Wildman–Crippen LogP) is 4.05. The Kier molecular flexibility index (Phi) is 3.87. The molecule has 0 unspecified atom stereocenters. The zero-order chi connectivity index (χ0) is 14.0. The molecule has 0 bridgehead atoms. The van der Waals surface area contributed by atoms with Crippen LogP contribution in [0.25, 0.3) is 0 Å². The molecule has 1 aromatic rings. The number of hydrogen-bond donors (Lipinski definition) is 1. The molecule has 1 heterocycles. The number of anilines is 1. The second-order valence-electron chi connectivity index (χ2n) is 5.46. The summed E-state index contributed by atoms with van der Waals surface area (Å²) in [6, 6.07) is 4.70. The summed E-state index contributed by atoms with van der Waals surface area (Å²) >= 11 is 1.70. The lowest BCUT2D eigenvalue weighted by Crippen LogP contribution is -2.29. The van der Waals surface area contributed by atoms with Crippen LogP contribution >= 0.6 is 11.8 Å². The van der Waals surface area contributed by atoms with E-state index in [9.17, 15) is 4.39 Å². The van der Waals surface area contributed by atoms with Crippen LogP contribution in [0.3, 0.4) is 0 Å². The maximum absolute atomic E-state index is 13.8. The van der Waals surface area contributed by atoms with Gasteiger partial charge in [0.25, 0.3) is 0 Å². The molecule has 0 saturated heterocycles. The molecular formula is C15H19FN2OS. The fourth-order valence-electron chi connectivity index (χ4n) is 2.86. The first-order chi connectivity index (χ1) is 9.71. The Labute approximate surface area is 123 Å². The van der Waals surface area contributed by atoms with Crippen molar-refractivity contribution in [2.45, 2.75) is 37.6 Å². The Morgan fingerprint density at radius 1 is 1.30 bits per heavy atom. The van der Waals surface area contributed by atoms with E-state index in [0.29, 0.717) is 11.4 Å². The van der Waals surface area contributed by atoms with E-state index in [0.717, 1.165) is 23.8 Å². The average Bonchev–Trinajstić information content (AvgIpc) is 2.84. The molecule has 0 radical (unpaired) electrons. The van der Waals surface area contributed by atoms with Crippen LogP contribution in [-0.2, 0) is 0 Å². The number of ether oxygens (including phenoxy) is 1. The second-order valence-corrected chi connectivity index (χ2v) is 6.43. The highest BCUT2D eigenvalue weighted by Crippen LogP contribution is 2.40. The van der Waals surface area contributed by atoms with E-state index in [4.69, 9.17) is 9.73 Å². The highest BCUT2D eigenvalue weighted by molar-refractivity contribution is 8.14. The van der Waals surface area contributed by atoms with Gasteiger partial charge in [0.15, 0.2) is 5.17 Å². The number of methoxy groups -OCH3 is 1. The molecule has 2 aliphatic rings. The quantitative estimate of drug-likeness (QED) is 0.893. The van der Waals surface area contributed by atoms with Crippen LogP contribution in [-0.4, -0.2) is 23.6 Å². The average molecular weight is 294 g/mol. The molecule has 1 N–H and O–H groups in total. The fraction of sp³-hybridized carbons (Fsp3) is 0.533. The SMILES string of the molecule is COc1ccc(F)c(NC2=NC3(CCCCC3)CS2)c1. The molecule has 1 aliphatic carbocycles. The Bertz CT molecular complexity index is 527. The van der Waals surface area contributed by atoms with Crippen LogP contribution in [0.5, 0.6) is 5.75 Å². The van der Waals surface area contributed by atoms with Crippen molar-refractivity contribution in [3.8, 4) is 5.75 Å². The number of hydrogen-bond acceptors (Lipinski definition) is 4. The van der Waals surface area contributed by atoms with Crippen LogP contribution in [0.1, 0.15) is 32.1 Å². The molecular weight excluding hydrogens is 275 g/mol. The molecule has 1 spiro atoms. The summed E-state index contributed by atoms with van der Waals surface area (Å²) in [7, 11) is 1.58. The van der Waals surface area contributed by atoms with Gasteiger partial charge in [-0.1, -0.05) is 31.0 Å². The smallest absolute Gasteiger partial charge is 0.161 e. The zero-order valence-electron chi connectivity index (χ0n) is 11.6. The molecule has 0 amide bonds. The largest absolute Gasteiger partial charge is 0.497 e. The summed E-state index contributed by atoms with van der Waals surface area (Å²) in [5, 5.41) is 3.95. The minimum atomic E-state index is -0.279. The molecule has 108 valence electrons. The van der Waals surface area contributed by atoms with Crippen molar-refractivity contribution < 1.29 is 9.13 Å². The van der Waals surface area contributed by atoms with Gasteiger partial charge in [-0.3, -0.25) is 4.99 Å². The molecule has 0 aromatic heterocycles. The number of halogens is 1. The molecule has 20 heavy (non-hydrogen) atoms. The van der Waals surface area contributed by atoms with Crippen molar-refractivity contribution in [3.63, 3.8) is 0 Å². The Morgan fingerprint density at radius 2 is 2.10 bits per heavy atom. The van der Waals surface area contributed by atoms with Gasteiger partial charge in [-0.15, -0.1) is 0 Å². The molecule has 1 aliphatic heterocycles. The molecule has 1 aromatic carbocycles. The minimum absolute atomic E-state index is 0.0978. The van der Waals surface area contributed by atoms with E-state index in [-0.39, 0.29) is 11.4 Å². The maximum Gasteiger partial charge on any atom is 0.161 e. The van der Waals surface area contributed by atoms with Gasteiger partial charge in [0.1, 0.15) is 11.6 Å². The number of nitrogens with one attached hydrogen (secondary N) is 1. The Hall–Kier alpha value is -1.23. The van der Waals surface area contributed by atoms with E-state index in [1.807, 2.05) is 0 Å². The Balaban J connectivity index is 1.76. The number of amidine groups is 1. The van der Waals surface area contributed by atoms with Crippen molar-refractivity contribution >= 4 is 22.6 Å². The predicted molar refractivity (Wildman–Crippen MR) is 82.3 cm³/mol. The third-order valence-corrected chi connectivity index (χ3v) is 5.16. The number of nitrogens with zero attached hydrogens (tertiary/aromatic N) is 1. The van der Waals surface area contributed by atoms with Crippen molar-refractivity contribution in [1.29, 1.82) is 0 Å². The van der Waals surface area contributed by atoms with Crippen LogP contribution in [0.4, 0.5) is 10.1 Å². The normalized spacial score (nSPS) is 20.8. The van der Waals surface area contributed by atoms with Crippen LogP contribution in [0.2, 0.25) is 0 Å². The van der Waals surface area contributed by atoms with Crippen LogP contribution in [0.15, 0.2) is 23.2 Å². The number of rotatable bonds is 2. The second kappa shape index (κ2) is 5.64. The highest BCUT2D eigenvalue weighted by atomic mass is 32.2. The minimum Gasteiger partial charge on any atom is -0.497 e. The monoisotopic (exact) mass is 294 g/mol. The highest BCUT2D eigenvalue weighted by Gasteiger charge is 2.36. The molecule has 5 heteroatoms.